The first-order valence-electron chi connectivity index (χ1n) is 7.29. The van der Waals surface area contributed by atoms with Crippen LogP contribution in [0.5, 0.6) is 0 Å². The highest BCUT2D eigenvalue weighted by Gasteiger charge is 2.14. The topological polar surface area (TPSA) is 72.7 Å². The Labute approximate surface area is 141 Å². The lowest BCUT2D eigenvalue weighted by atomic mass is 10.1. The quantitative estimate of drug-likeness (QED) is 0.623. The molecule has 0 saturated carbocycles. The SMILES string of the molecule is Cn1cc(-c2nc(C(=O)Nc3cccc4cnccc34)cs2)cn1. The summed E-state index contributed by atoms with van der Waals surface area (Å²) in [7, 11) is 1.85. The van der Waals surface area contributed by atoms with Gasteiger partial charge in [-0.05, 0) is 12.1 Å². The third kappa shape index (κ3) is 2.65. The first-order chi connectivity index (χ1) is 11.7. The summed E-state index contributed by atoms with van der Waals surface area (Å²) in [5, 5.41) is 11.5. The van der Waals surface area contributed by atoms with Crippen LogP contribution in [0.2, 0.25) is 0 Å². The number of aryl methyl sites for hydroxylation is 1. The van der Waals surface area contributed by atoms with Crippen LogP contribution in [0.15, 0.2) is 54.4 Å². The molecule has 7 heteroatoms. The predicted octanol–water partition coefficient (Wildman–Crippen LogP) is 3.34. The molecule has 3 aromatic heterocycles. The molecule has 0 saturated heterocycles. The Morgan fingerprint density at radius 2 is 2.17 bits per heavy atom. The lowest BCUT2D eigenvalue weighted by molar-refractivity contribution is 0.102. The summed E-state index contributed by atoms with van der Waals surface area (Å²) in [6.45, 7) is 0. The van der Waals surface area contributed by atoms with Gasteiger partial charge in [-0.2, -0.15) is 5.10 Å². The minimum absolute atomic E-state index is 0.231. The molecule has 0 fully saturated rings. The Hall–Kier alpha value is -3.06. The van der Waals surface area contributed by atoms with Crippen LogP contribution >= 0.6 is 11.3 Å². The van der Waals surface area contributed by atoms with E-state index in [1.165, 1.54) is 11.3 Å². The molecule has 3 heterocycles. The third-order valence-electron chi connectivity index (χ3n) is 3.62. The van der Waals surface area contributed by atoms with Crippen LogP contribution in [0.25, 0.3) is 21.3 Å². The van der Waals surface area contributed by atoms with Crippen LogP contribution in [-0.4, -0.2) is 25.7 Å². The fraction of sp³-hybridized carbons (Fsp3) is 0.0588. The van der Waals surface area contributed by atoms with Crippen LogP contribution in [0.4, 0.5) is 5.69 Å². The highest BCUT2D eigenvalue weighted by molar-refractivity contribution is 7.13. The van der Waals surface area contributed by atoms with Gasteiger partial charge in [0.15, 0.2) is 0 Å². The number of thiazole rings is 1. The molecule has 0 atom stereocenters. The third-order valence-corrected chi connectivity index (χ3v) is 4.51. The molecule has 4 rings (SSSR count). The van der Waals surface area contributed by atoms with Crippen LogP contribution in [0.3, 0.4) is 0 Å². The molecular weight excluding hydrogens is 322 g/mol. The van der Waals surface area contributed by atoms with Gasteiger partial charge in [0, 0.05) is 53.0 Å². The fourth-order valence-corrected chi connectivity index (χ4v) is 3.24. The molecule has 0 aliphatic rings. The molecule has 1 N–H and O–H groups in total. The molecule has 4 aromatic rings. The number of nitrogens with one attached hydrogen (secondary N) is 1. The van der Waals surface area contributed by atoms with E-state index in [0.29, 0.717) is 5.69 Å². The van der Waals surface area contributed by atoms with E-state index < -0.39 is 0 Å². The number of hydrogen-bond donors (Lipinski definition) is 1. The lowest BCUT2D eigenvalue weighted by Gasteiger charge is -2.07. The second-order valence-corrected chi connectivity index (χ2v) is 6.16. The first-order valence-corrected chi connectivity index (χ1v) is 8.17. The van der Waals surface area contributed by atoms with Crippen molar-refractivity contribution in [3.8, 4) is 10.6 Å². The Morgan fingerprint density at radius 3 is 3.00 bits per heavy atom. The van der Waals surface area contributed by atoms with Crippen molar-refractivity contribution in [3.63, 3.8) is 0 Å². The van der Waals surface area contributed by atoms with E-state index in [9.17, 15) is 4.79 Å². The van der Waals surface area contributed by atoms with Crippen molar-refractivity contribution in [2.45, 2.75) is 0 Å². The van der Waals surface area contributed by atoms with Gasteiger partial charge in [0.05, 0.1) is 6.20 Å². The summed E-state index contributed by atoms with van der Waals surface area (Å²) in [6, 6.07) is 7.60. The Balaban J connectivity index is 1.61. The predicted molar refractivity (Wildman–Crippen MR) is 94.0 cm³/mol. The molecule has 1 amide bonds. The average molecular weight is 335 g/mol. The largest absolute Gasteiger partial charge is 0.320 e. The molecule has 0 spiro atoms. The maximum Gasteiger partial charge on any atom is 0.275 e. The van der Waals surface area contributed by atoms with E-state index in [0.717, 1.165) is 27.0 Å². The monoisotopic (exact) mass is 335 g/mol. The molecule has 0 aliphatic carbocycles. The molecule has 1 aromatic carbocycles. The fourth-order valence-electron chi connectivity index (χ4n) is 2.46. The average Bonchev–Trinajstić information content (AvgIpc) is 3.24. The van der Waals surface area contributed by atoms with E-state index in [4.69, 9.17) is 0 Å². The van der Waals surface area contributed by atoms with Gasteiger partial charge in [0.2, 0.25) is 0 Å². The van der Waals surface area contributed by atoms with Gasteiger partial charge in [-0.25, -0.2) is 4.98 Å². The summed E-state index contributed by atoms with van der Waals surface area (Å²) >= 11 is 1.42. The molecule has 118 valence electrons. The van der Waals surface area contributed by atoms with Crippen molar-refractivity contribution < 1.29 is 4.79 Å². The van der Waals surface area contributed by atoms with Crippen LogP contribution < -0.4 is 5.32 Å². The second-order valence-electron chi connectivity index (χ2n) is 5.30. The molecule has 0 radical (unpaired) electrons. The van der Waals surface area contributed by atoms with Gasteiger partial charge in [0.1, 0.15) is 10.7 Å². The summed E-state index contributed by atoms with van der Waals surface area (Å²) in [6.07, 6.45) is 7.09. The number of nitrogens with zero attached hydrogens (tertiary/aromatic N) is 4. The molecule has 0 bridgehead atoms. The Bertz CT molecular complexity index is 1030. The van der Waals surface area contributed by atoms with Gasteiger partial charge in [0.25, 0.3) is 5.91 Å². The zero-order valence-electron chi connectivity index (χ0n) is 12.8. The van der Waals surface area contributed by atoms with E-state index >= 15 is 0 Å². The number of aromatic nitrogens is 4. The van der Waals surface area contributed by atoms with Crippen LogP contribution in [-0.2, 0) is 7.05 Å². The number of hydrogen-bond acceptors (Lipinski definition) is 5. The highest BCUT2D eigenvalue weighted by Crippen LogP contribution is 2.25. The van der Waals surface area contributed by atoms with E-state index in [1.807, 2.05) is 37.5 Å². The van der Waals surface area contributed by atoms with Crippen LogP contribution in [0, 0.1) is 0 Å². The van der Waals surface area contributed by atoms with Crippen molar-refractivity contribution in [1.29, 1.82) is 0 Å². The van der Waals surface area contributed by atoms with Crippen molar-refractivity contribution in [3.05, 3.63) is 60.1 Å². The van der Waals surface area contributed by atoms with E-state index in [-0.39, 0.29) is 5.91 Å². The number of anilines is 1. The summed E-state index contributed by atoms with van der Waals surface area (Å²) in [5.41, 5.74) is 2.04. The summed E-state index contributed by atoms with van der Waals surface area (Å²) in [5.74, 6) is -0.231. The number of fused-ring (bicyclic) bond motifs is 1. The van der Waals surface area contributed by atoms with Crippen LogP contribution in [0.1, 0.15) is 10.5 Å². The van der Waals surface area contributed by atoms with Gasteiger partial charge in [-0.3, -0.25) is 14.5 Å². The standard InChI is InChI=1S/C17H13N5OS/c1-22-9-12(8-19-22)17-21-15(10-24-17)16(23)20-14-4-2-3-11-7-18-6-5-13(11)14/h2-10H,1H3,(H,20,23). The molecule has 0 aliphatic heterocycles. The maximum absolute atomic E-state index is 12.5. The Morgan fingerprint density at radius 1 is 1.25 bits per heavy atom. The normalized spacial score (nSPS) is 10.9. The number of carbonyl (C=O) groups excluding carboxylic acids is 1. The van der Waals surface area contributed by atoms with Gasteiger partial charge < -0.3 is 5.32 Å². The smallest absolute Gasteiger partial charge is 0.275 e. The molecule has 24 heavy (non-hydrogen) atoms. The summed E-state index contributed by atoms with van der Waals surface area (Å²) < 4.78 is 1.71. The van der Waals surface area contributed by atoms with Gasteiger partial charge in [-0.15, -0.1) is 11.3 Å². The number of pyridine rings is 1. The molecular formula is C17H13N5OS. The minimum Gasteiger partial charge on any atom is -0.320 e. The molecule has 6 nitrogen and oxygen atoms in total. The Kier molecular flexibility index (Phi) is 3.55. The number of amides is 1. The summed E-state index contributed by atoms with van der Waals surface area (Å²) in [4.78, 5) is 21.0. The van der Waals surface area contributed by atoms with Crippen molar-refractivity contribution in [2.75, 3.05) is 5.32 Å². The maximum atomic E-state index is 12.5. The first kappa shape index (κ1) is 14.5. The zero-order valence-corrected chi connectivity index (χ0v) is 13.6. The van der Waals surface area contributed by atoms with E-state index in [2.05, 4.69) is 20.4 Å². The highest BCUT2D eigenvalue weighted by atomic mass is 32.1. The lowest BCUT2D eigenvalue weighted by Crippen LogP contribution is -2.12. The van der Waals surface area contributed by atoms with Crippen molar-refractivity contribution in [2.24, 2.45) is 7.05 Å². The van der Waals surface area contributed by atoms with Crippen molar-refractivity contribution >= 4 is 33.7 Å². The molecule has 0 unspecified atom stereocenters. The second kappa shape index (κ2) is 5.86. The van der Waals surface area contributed by atoms with Gasteiger partial charge in [-0.1, -0.05) is 12.1 Å². The van der Waals surface area contributed by atoms with Gasteiger partial charge >= 0.3 is 0 Å². The number of benzene rings is 1. The number of carbonyl (C=O) groups is 1. The van der Waals surface area contributed by atoms with E-state index in [1.54, 1.807) is 28.7 Å². The number of rotatable bonds is 3. The van der Waals surface area contributed by atoms with Crippen molar-refractivity contribution in [1.82, 2.24) is 19.7 Å². The zero-order chi connectivity index (χ0) is 16.5. The minimum atomic E-state index is -0.231.